The lowest BCUT2D eigenvalue weighted by Gasteiger charge is -2.10. The Morgan fingerprint density at radius 3 is 2.44 bits per heavy atom. The van der Waals surface area contributed by atoms with Gasteiger partial charge in [0.15, 0.2) is 5.78 Å². The summed E-state index contributed by atoms with van der Waals surface area (Å²) in [5.41, 5.74) is -0.773. The van der Waals surface area contributed by atoms with Crippen LogP contribution in [0, 0.1) is 0 Å². The molecule has 0 bridgehead atoms. The molecule has 0 saturated heterocycles. The van der Waals surface area contributed by atoms with Crippen molar-refractivity contribution in [2.75, 3.05) is 5.33 Å². The third-order valence-corrected chi connectivity index (χ3v) is 2.50. The van der Waals surface area contributed by atoms with E-state index in [1.165, 1.54) is 0 Å². The number of halogens is 5. The van der Waals surface area contributed by atoms with Crippen molar-refractivity contribution in [1.82, 2.24) is 0 Å². The van der Waals surface area contributed by atoms with E-state index in [0.717, 1.165) is 18.2 Å². The van der Waals surface area contributed by atoms with Gasteiger partial charge in [0.25, 0.3) is 6.43 Å². The Hall–Kier alpha value is -1.11. The van der Waals surface area contributed by atoms with Crippen molar-refractivity contribution in [2.45, 2.75) is 19.5 Å². The third kappa shape index (κ3) is 3.97. The zero-order valence-electron chi connectivity index (χ0n) is 9.01. The minimum absolute atomic E-state index is 0.0504. The second-order valence-electron chi connectivity index (χ2n) is 3.29. The van der Waals surface area contributed by atoms with Crippen molar-refractivity contribution >= 4 is 21.7 Å². The summed E-state index contributed by atoms with van der Waals surface area (Å²) in [4.78, 5) is 11.6. The summed E-state index contributed by atoms with van der Waals surface area (Å²) < 4.78 is 53.4. The first-order valence-corrected chi connectivity index (χ1v) is 6.04. The Balaban J connectivity index is 3.08. The summed E-state index contributed by atoms with van der Waals surface area (Å²) in [6, 6.07) is 2.90. The summed E-state index contributed by atoms with van der Waals surface area (Å²) in [5.74, 6) is -0.874. The van der Waals surface area contributed by atoms with Crippen LogP contribution < -0.4 is 4.74 Å². The molecule has 1 aromatic carbocycles. The van der Waals surface area contributed by atoms with Crippen molar-refractivity contribution in [3.63, 3.8) is 0 Å². The molecule has 0 unspecified atom stereocenters. The van der Waals surface area contributed by atoms with Gasteiger partial charge in [0.05, 0.1) is 0 Å². The van der Waals surface area contributed by atoms with Gasteiger partial charge in [0.2, 0.25) is 0 Å². The highest BCUT2D eigenvalue weighted by molar-refractivity contribution is 9.09. The van der Waals surface area contributed by atoms with Crippen molar-refractivity contribution in [3.8, 4) is 5.75 Å². The second-order valence-corrected chi connectivity index (χ2v) is 4.08. The van der Waals surface area contributed by atoms with E-state index in [2.05, 4.69) is 20.7 Å². The van der Waals surface area contributed by atoms with E-state index in [-0.39, 0.29) is 12.0 Å². The molecule has 0 aliphatic carbocycles. The Kier molecular flexibility index (Phi) is 5.58. The number of rotatable bonds is 6. The van der Waals surface area contributed by atoms with Crippen molar-refractivity contribution in [1.29, 1.82) is 0 Å². The summed E-state index contributed by atoms with van der Waals surface area (Å²) in [6.45, 7) is -3.10. The van der Waals surface area contributed by atoms with E-state index in [4.69, 9.17) is 0 Å². The molecular formula is C11H9BrF4O2. The second kappa shape index (κ2) is 6.72. The van der Waals surface area contributed by atoms with Crippen LogP contribution >= 0.6 is 15.9 Å². The van der Waals surface area contributed by atoms with Gasteiger partial charge in [-0.15, -0.1) is 0 Å². The quantitative estimate of drug-likeness (QED) is 0.444. The summed E-state index contributed by atoms with van der Waals surface area (Å²) in [5, 5.41) is 0.337. The lowest BCUT2D eigenvalue weighted by molar-refractivity contribution is -0.0500. The molecule has 0 spiro atoms. The van der Waals surface area contributed by atoms with Crippen LogP contribution in [0.1, 0.15) is 28.8 Å². The molecule has 0 heterocycles. The van der Waals surface area contributed by atoms with Crippen LogP contribution in [0.2, 0.25) is 0 Å². The highest BCUT2D eigenvalue weighted by Crippen LogP contribution is 2.28. The molecule has 7 heteroatoms. The van der Waals surface area contributed by atoms with Crippen LogP contribution in [-0.2, 0) is 0 Å². The highest BCUT2D eigenvalue weighted by atomic mass is 79.9. The first-order chi connectivity index (χ1) is 8.45. The number of hydrogen-bond acceptors (Lipinski definition) is 2. The SMILES string of the molecule is O=C(CCBr)c1ccc(OC(F)F)cc1C(F)F. The van der Waals surface area contributed by atoms with Crippen LogP contribution in [0.15, 0.2) is 18.2 Å². The van der Waals surface area contributed by atoms with Crippen molar-refractivity contribution in [3.05, 3.63) is 29.3 Å². The van der Waals surface area contributed by atoms with Gasteiger partial charge < -0.3 is 4.74 Å². The predicted octanol–water partition coefficient (Wildman–Crippen LogP) is 4.19. The largest absolute Gasteiger partial charge is 0.435 e. The van der Waals surface area contributed by atoms with Gasteiger partial charge in [0.1, 0.15) is 5.75 Å². The van der Waals surface area contributed by atoms with Gasteiger partial charge in [-0.25, -0.2) is 8.78 Å². The third-order valence-electron chi connectivity index (χ3n) is 2.11. The Morgan fingerprint density at radius 2 is 1.94 bits per heavy atom. The lowest BCUT2D eigenvalue weighted by atomic mass is 10.0. The van der Waals surface area contributed by atoms with Gasteiger partial charge in [-0.05, 0) is 18.2 Å². The molecule has 1 aromatic rings. The molecule has 1 rings (SSSR count). The number of alkyl halides is 5. The normalized spacial score (nSPS) is 11.1. The van der Waals surface area contributed by atoms with E-state index in [0.29, 0.717) is 5.33 Å². The molecule has 0 atom stereocenters. The fraction of sp³-hybridized carbons (Fsp3) is 0.364. The Labute approximate surface area is 109 Å². The van der Waals surface area contributed by atoms with Crippen LogP contribution in [0.25, 0.3) is 0 Å². The molecular weight excluding hydrogens is 320 g/mol. The van der Waals surface area contributed by atoms with Gasteiger partial charge in [-0.2, -0.15) is 8.78 Å². The topological polar surface area (TPSA) is 26.3 Å². The average molecular weight is 329 g/mol. The van der Waals surface area contributed by atoms with Crippen molar-refractivity contribution in [2.24, 2.45) is 0 Å². The molecule has 0 aliphatic heterocycles. The molecule has 0 aliphatic rings. The Bertz CT molecular complexity index is 424. The molecule has 0 N–H and O–H groups in total. The summed E-state index contributed by atoms with van der Waals surface area (Å²) in [6.07, 6.45) is -2.88. The predicted molar refractivity (Wildman–Crippen MR) is 60.8 cm³/mol. The molecule has 0 aromatic heterocycles. The number of carbonyl (C=O) groups is 1. The number of hydrogen-bond donors (Lipinski definition) is 0. The monoisotopic (exact) mass is 328 g/mol. The van der Waals surface area contributed by atoms with E-state index >= 15 is 0 Å². The molecule has 18 heavy (non-hydrogen) atoms. The van der Waals surface area contributed by atoms with Crippen LogP contribution in [0.4, 0.5) is 17.6 Å². The van der Waals surface area contributed by atoms with Crippen LogP contribution in [-0.4, -0.2) is 17.7 Å². The molecule has 0 radical (unpaired) electrons. The molecule has 0 fully saturated rings. The Morgan fingerprint density at radius 1 is 1.28 bits per heavy atom. The van der Waals surface area contributed by atoms with Crippen LogP contribution in [0.5, 0.6) is 5.75 Å². The maximum absolute atomic E-state index is 12.7. The number of ketones is 1. The standard InChI is InChI=1S/C11H9BrF4O2/c12-4-3-9(17)7-2-1-6(18-11(15)16)5-8(7)10(13)14/h1-2,5,10-11H,3-4H2. The molecule has 0 saturated carbocycles. The van der Waals surface area contributed by atoms with Gasteiger partial charge >= 0.3 is 6.61 Å². The first-order valence-electron chi connectivity index (χ1n) is 4.91. The first kappa shape index (κ1) is 14.9. The van der Waals surface area contributed by atoms with Gasteiger partial charge in [-0.3, -0.25) is 4.79 Å². The number of Topliss-reactive ketones (excluding diaryl/α,β-unsaturated/α-hetero) is 1. The van der Waals surface area contributed by atoms with Gasteiger partial charge in [0, 0.05) is 22.9 Å². The minimum Gasteiger partial charge on any atom is -0.435 e. The zero-order chi connectivity index (χ0) is 13.7. The van der Waals surface area contributed by atoms with E-state index in [1.54, 1.807) is 0 Å². The fourth-order valence-corrected chi connectivity index (χ4v) is 1.73. The van der Waals surface area contributed by atoms with Crippen LogP contribution in [0.3, 0.4) is 0 Å². The fourth-order valence-electron chi connectivity index (χ4n) is 1.37. The van der Waals surface area contributed by atoms with Crippen molar-refractivity contribution < 1.29 is 27.1 Å². The van der Waals surface area contributed by atoms with E-state index in [1.807, 2.05) is 0 Å². The maximum Gasteiger partial charge on any atom is 0.387 e. The van der Waals surface area contributed by atoms with E-state index < -0.39 is 30.1 Å². The highest BCUT2D eigenvalue weighted by Gasteiger charge is 2.19. The molecule has 0 amide bonds. The maximum atomic E-state index is 12.7. The number of benzene rings is 1. The smallest absolute Gasteiger partial charge is 0.387 e. The van der Waals surface area contributed by atoms with E-state index in [9.17, 15) is 22.4 Å². The number of carbonyl (C=O) groups excluding carboxylic acids is 1. The molecule has 100 valence electrons. The molecule has 2 nitrogen and oxygen atoms in total. The van der Waals surface area contributed by atoms with Gasteiger partial charge in [-0.1, -0.05) is 15.9 Å². The number of ether oxygens (including phenoxy) is 1. The summed E-state index contributed by atoms with van der Waals surface area (Å²) >= 11 is 3.02. The zero-order valence-corrected chi connectivity index (χ0v) is 10.6. The average Bonchev–Trinajstić information content (AvgIpc) is 2.28. The lowest BCUT2D eigenvalue weighted by Crippen LogP contribution is -2.07. The summed E-state index contributed by atoms with van der Waals surface area (Å²) in [7, 11) is 0. The minimum atomic E-state index is -3.10.